The maximum absolute atomic E-state index is 13.5. The lowest BCUT2D eigenvalue weighted by Gasteiger charge is -2.28. The standard InChI is InChI=1S/C28H29N3O3S/c32-28(30-27-16-8-10-21-9-4-5-13-24(21)27)20-31(35(33,34)23-11-2-1-3-12-23)18-17-22-19-29-26-15-7-6-14-25(22)26/h1-7,9,11-15,19,27,29H,8,10,16-18,20H2,(H,30,32)/t27-/m0/s1. The molecule has 6 nitrogen and oxygen atoms in total. The Balaban J connectivity index is 1.36. The van der Waals surface area contributed by atoms with E-state index in [1.807, 2.05) is 42.6 Å². The number of nitrogens with one attached hydrogen (secondary N) is 2. The van der Waals surface area contributed by atoms with Crippen molar-refractivity contribution in [2.75, 3.05) is 13.1 Å². The Morgan fingerprint density at radius 2 is 1.71 bits per heavy atom. The number of amides is 1. The van der Waals surface area contributed by atoms with Crippen LogP contribution in [-0.4, -0.2) is 36.7 Å². The first kappa shape index (κ1) is 23.3. The van der Waals surface area contributed by atoms with Crippen molar-refractivity contribution in [1.29, 1.82) is 0 Å². The van der Waals surface area contributed by atoms with Crippen molar-refractivity contribution in [3.63, 3.8) is 0 Å². The number of para-hydroxylation sites is 1. The molecule has 4 aromatic rings. The first-order chi connectivity index (χ1) is 17.0. The van der Waals surface area contributed by atoms with Crippen molar-refractivity contribution >= 4 is 26.8 Å². The van der Waals surface area contributed by atoms with E-state index < -0.39 is 10.0 Å². The number of hydrogen-bond donors (Lipinski definition) is 2. The Morgan fingerprint density at radius 3 is 2.57 bits per heavy atom. The molecule has 0 fully saturated rings. The van der Waals surface area contributed by atoms with E-state index in [4.69, 9.17) is 0 Å². The average Bonchev–Trinajstić information content (AvgIpc) is 3.30. The van der Waals surface area contributed by atoms with Crippen LogP contribution in [0.4, 0.5) is 0 Å². The van der Waals surface area contributed by atoms with Gasteiger partial charge in [-0.2, -0.15) is 4.31 Å². The highest BCUT2D eigenvalue weighted by atomic mass is 32.2. The van der Waals surface area contributed by atoms with E-state index in [9.17, 15) is 13.2 Å². The number of aryl methyl sites for hydroxylation is 1. The highest BCUT2D eigenvalue weighted by molar-refractivity contribution is 7.89. The Hall–Kier alpha value is -3.42. The fraction of sp³-hybridized carbons (Fsp3) is 0.250. The number of rotatable bonds is 8. The van der Waals surface area contributed by atoms with Crippen molar-refractivity contribution in [2.45, 2.75) is 36.6 Å². The van der Waals surface area contributed by atoms with Gasteiger partial charge in [-0.3, -0.25) is 4.79 Å². The molecule has 1 amide bonds. The van der Waals surface area contributed by atoms with Crippen molar-refractivity contribution in [3.8, 4) is 0 Å². The first-order valence-electron chi connectivity index (χ1n) is 12.0. The van der Waals surface area contributed by atoms with Crippen molar-refractivity contribution in [3.05, 3.63) is 102 Å². The van der Waals surface area contributed by atoms with E-state index in [1.165, 1.54) is 9.87 Å². The number of fused-ring (bicyclic) bond motifs is 2. The molecule has 0 unspecified atom stereocenters. The van der Waals surface area contributed by atoms with Gasteiger partial charge < -0.3 is 10.3 Å². The third kappa shape index (κ3) is 5.01. The fourth-order valence-electron chi connectivity index (χ4n) is 4.91. The lowest BCUT2D eigenvalue weighted by Crippen LogP contribution is -2.43. The molecule has 2 N–H and O–H groups in total. The number of benzene rings is 3. The van der Waals surface area contributed by atoms with Crippen LogP contribution in [0.2, 0.25) is 0 Å². The summed E-state index contributed by atoms with van der Waals surface area (Å²) in [5.74, 6) is -0.287. The van der Waals surface area contributed by atoms with Gasteiger partial charge >= 0.3 is 0 Å². The van der Waals surface area contributed by atoms with E-state index in [1.54, 1.807) is 30.3 Å². The van der Waals surface area contributed by atoms with Gasteiger partial charge in [0.2, 0.25) is 15.9 Å². The summed E-state index contributed by atoms with van der Waals surface area (Å²) in [5.41, 5.74) is 4.41. The molecule has 7 heteroatoms. The minimum Gasteiger partial charge on any atom is -0.361 e. The van der Waals surface area contributed by atoms with Crippen LogP contribution < -0.4 is 5.32 Å². The van der Waals surface area contributed by atoms with Gasteiger partial charge in [0.1, 0.15) is 0 Å². The number of H-pyrrole nitrogens is 1. The minimum absolute atomic E-state index is 0.0950. The van der Waals surface area contributed by atoms with Gasteiger partial charge in [0.25, 0.3) is 0 Å². The molecule has 0 aliphatic heterocycles. The number of carbonyl (C=O) groups excluding carboxylic acids is 1. The average molecular weight is 488 g/mol. The molecule has 0 saturated heterocycles. The molecule has 3 aromatic carbocycles. The van der Waals surface area contributed by atoms with Crippen LogP contribution in [0.3, 0.4) is 0 Å². The van der Waals surface area contributed by atoms with Gasteiger partial charge in [0, 0.05) is 23.6 Å². The number of aromatic nitrogens is 1. The van der Waals surface area contributed by atoms with Crippen molar-refractivity contribution in [2.24, 2.45) is 0 Å². The fourth-order valence-corrected chi connectivity index (χ4v) is 6.33. The number of aromatic amines is 1. The maximum Gasteiger partial charge on any atom is 0.243 e. The van der Waals surface area contributed by atoms with Gasteiger partial charge in [-0.15, -0.1) is 0 Å². The molecule has 5 rings (SSSR count). The summed E-state index contributed by atoms with van der Waals surface area (Å²) in [6.07, 6.45) is 5.26. The lowest BCUT2D eigenvalue weighted by molar-refractivity contribution is -0.122. The molecule has 180 valence electrons. The molecule has 1 atom stereocenters. The van der Waals surface area contributed by atoms with Crippen molar-refractivity contribution < 1.29 is 13.2 Å². The van der Waals surface area contributed by atoms with E-state index in [0.29, 0.717) is 6.42 Å². The molecule has 1 aromatic heterocycles. The Morgan fingerprint density at radius 1 is 0.971 bits per heavy atom. The third-order valence-corrected chi connectivity index (χ3v) is 8.57. The highest BCUT2D eigenvalue weighted by Gasteiger charge is 2.28. The summed E-state index contributed by atoms with van der Waals surface area (Å²) >= 11 is 0. The zero-order valence-electron chi connectivity index (χ0n) is 19.5. The van der Waals surface area contributed by atoms with Crippen LogP contribution in [-0.2, 0) is 27.7 Å². The van der Waals surface area contributed by atoms with Crippen LogP contribution in [0, 0.1) is 0 Å². The molecule has 0 saturated carbocycles. The summed E-state index contributed by atoms with van der Waals surface area (Å²) in [4.78, 5) is 16.6. The Labute approximate surface area is 206 Å². The predicted octanol–water partition coefficient (Wildman–Crippen LogP) is 4.60. The second-order valence-electron chi connectivity index (χ2n) is 8.97. The number of hydrogen-bond acceptors (Lipinski definition) is 3. The highest BCUT2D eigenvalue weighted by Crippen LogP contribution is 2.29. The molecule has 0 bridgehead atoms. The van der Waals surface area contributed by atoms with E-state index >= 15 is 0 Å². The van der Waals surface area contributed by atoms with Gasteiger partial charge in [-0.25, -0.2) is 8.42 Å². The van der Waals surface area contributed by atoms with Crippen LogP contribution in [0.5, 0.6) is 0 Å². The van der Waals surface area contributed by atoms with Crippen molar-refractivity contribution in [1.82, 2.24) is 14.6 Å². The predicted molar refractivity (Wildman–Crippen MR) is 137 cm³/mol. The Kier molecular flexibility index (Phi) is 6.70. The third-order valence-electron chi connectivity index (χ3n) is 6.71. The molecule has 0 spiro atoms. The van der Waals surface area contributed by atoms with Crippen LogP contribution >= 0.6 is 0 Å². The molecule has 1 aliphatic rings. The van der Waals surface area contributed by atoms with Crippen LogP contribution in [0.25, 0.3) is 10.9 Å². The summed E-state index contributed by atoms with van der Waals surface area (Å²) in [6, 6.07) is 24.3. The largest absolute Gasteiger partial charge is 0.361 e. The zero-order valence-corrected chi connectivity index (χ0v) is 20.3. The summed E-state index contributed by atoms with van der Waals surface area (Å²) < 4.78 is 28.3. The number of sulfonamides is 1. The van der Waals surface area contributed by atoms with Crippen LogP contribution in [0.1, 0.15) is 35.6 Å². The molecular formula is C28H29N3O3S. The maximum atomic E-state index is 13.5. The molecule has 0 radical (unpaired) electrons. The quantitative estimate of drug-likeness (QED) is 0.381. The number of nitrogens with zero attached hydrogens (tertiary/aromatic N) is 1. The summed E-state index contributed by atoms with van der Waals surface area (Å²) in [6.45, 7) is -0.0218. The number of carbonyl (C=O) groups is 1. The van der Waals surface area contributed by atoms with Gasteiger partial charge in [0.05, 0.1) is 17.5 Å². The Bertz CT molecular complexity index is 1430. The second-order valence-corrected chi connectivity index (χ2v) is 10.9. The zero-order chi connectivity index (χ0) is 24.3. The first-order valence-corrected chi connectivity index (χ1v) is 13.4. The second kappa shape index (κ2) is 10.1. The van der Waals surface area contributed by atoms with E-state index in [2.05, 4.69) is 22.4 Å². The normalized spacial score (nSPS) is 15.7. The lowest BCUT2D eigenvalue weighted by atomic mass is 9.88. The monoisotopic (exact) mass is 487 g/mol. The topological polar surface area (TPSA) is 82.3 Å². The van der Waals surface area contributed by atoms with E-state index in [0.717, 1.165) is 41.3 Å². The van der Waals surface area contributed by atoms with Gasteiger partial charge in [-0.1, -0.05) is 60.7 Å². The molecular weight excluding hydrogens is 458 g/mol. The van der Waals surface area contributed by atoms with E-state index in [-0.39, 0.29) is 29.9 Å². The summed E-state index contributed by atoms with van der Waals surface area (Å²) in [5, 5.41) is 4.16. The van der Waals surface area contributed by atoms with Gasteiger partial charge in [-0.05, 0) is 60.6 Å². The minimum atomic E-state index is -3.84. The van der Waals surface area contributed by atoms with Gasteiger partial charge in [0.15, 0.2) is 0 Å². The smallest absolute Gasteiger partial charge is 0.243 e. The summed E-state index contributed by atoms with van der Waals surface area (Å²) in [7, 11) is -3.84. The van der Waals surface area contributed by atoms with Crippen LogP contribution in [0.15, 0.2) is 90.0 Å². The molecule has 1 heterocycles. The molecule has 1 aliphatic carbocycles. The SMILES string of the molecule is O=C(CN(CCc1c[nH]c2ccccc12)S(=O)(=O)c1ccccc1)N[C@H]1CCCc2ccccc21. The molecule has 35 heavy (non-hydrogen) atoms.